The lowest BCUT2D eigenvalue weighted by atomic mass is 9.50. The second-order valence-corrected chi connectivity index (χ2v) is 5.23. The highest BCUT2D eigenvalue weighted by atomic mass is 16.6. The van der Waals surface area contributed by atoms with Gasteiger partial charge in [-0.1, -0.05) is 5.57 Å². The lowest BCUT2D eigenvalue weighted by Gasteiger charge is -2.53. The van der Waals surface area contributed by atoms with Gasteiger partial charge in [-0.3, -0.25) is 0 Å². The van der Waals surface area contributed by atoms with Crippen molar-refractivity contribution >= 4 is 11.9 Å². The Morgan fingerprint density at radius 3 is 2.39 bits per heavy atom. The van der Waals surface area contributed by atoms with Crippen LogP contribution in [0.25, 0.3) is 0 Å². The van der Waals surface area contributed by atoms with Gasteiger partial charge < -0.3 is 14.6 Å². The molecule has 18 heavy (non-hydrogen) atoms. The Labute approximate surface area is 106 Å². The maximum absolute atomic E-state index is 12.0. The molecule has 1 saturated heterocycles. The van der Waals surface area contributed by atoms with Crippen molar-refractivity contribution in [1.29, 1.82) is 0 Å². The van der Waals surface area contributed by atoms with Gasteiger partial charge in [0.2, 0.25) is 0 Å². The van der Waals surface area contributed by atoms with Crippen LogP contribution in [0.15, 0.2) is 11.1 Å². The topological polar surface area (TPSA) is 72.8 Å². The van der Waals surface area contributed by atoms with Gasteiger partial charge in [0.1, 0.15) is 5.60 Å². The summed E-state index contributed by atoms with van der Waals surface area (Å²) in [5.74, 6) is -1.87. The minimum Gasteiger partial charge on any atom is -0.463 e. The number of aliphatic hydroxyl groups is 1. The molecule has 0 radical (unpaired) electrons. The predicted octanol–water partition coefficient (Wildman–Crippen LogP) is 0.952. The van der Waals surface area contributed by atoms with E-state index in [0.29, 0.717) is 0 Å². The standard InChI is InChI=1S/C13H18O5/c1-6-17-9(14)13(16)10(15)18-12(5)8(3)7(2)11(12,13)4/h16H,6H2,1-5H3/t11-,12-,13-/m0/s1. The number of fused-ring (bicyclic) bond motifs is 1. The molecule has 0 aromatic rings. The van der Waals surface area contributed by atoms with Crippen molar-refractivity contribution in [2.24, 2.45) is 5.41 Å². The van der Waals surface area contributed by atoms with Gasteiger partial charge in [0.25, 0.3) is 5.60 Å². The Hall–Kier alpha value is -1.36. The summed E-state index contributed by atoms with van der Waals surface area (Å²) in [6.45, 7) is 8.73. The highest BCUT2D eigenvalue weighted by Gasteiger charge is 2.80. The summed E-state index contributed by atoms with van der Waals surface area (Å²) in [6, 6.07) is 0. The fraction of sp³-hybridized carbons (Fsp3) is 0.692. The van der Waals surface area contributed by atoms with E-state index >= 15 is 0 Å². The van der Waals surface area contributed by atoms with Crippen LogP contribution in [0.2, 0.25) is 0 Å². The molecule has 1 N–H and O–H groups in total. The van der Waals surface area contributed by atoms with Gasteiger partial charge in [0.15, 0.2) is 0 Å². The number of esters is 2. The minimum atomic E-state index is -2.25. The minimum absolute atomic E-state index is 0.100. The fourth-order valence-corrected chi connectivity index (χ4v) is 3.18. The first kappa shape index (κ1) is 13.1. The zero-order chi connectivity index (χ0) is 13.9. The van der Waals surface area contributed by atoms with Crippen LogP contribution in [0.4, 0.5) is 0 Å². The van der Waals surface area contributed by atoms with E-state index in [-0.39, 0.29) is 6.61 Å². The zero-order valence-electron chi connectivity index (χ0n) is 11.3. The van der Waals surface area contributed by atoms with Crippen LogP contribution in [0.1, 0.15) is 34.6 Å². The third-order valence-corrected chi connectivity index (χ3v) is 4.87. The quantitative estimate of drug-likeness (QED) is 0.451. The molecule has 0 aromatic heterocycles. The summed E-state index contributed by atoms with van der Waals surface area (Å²) in [7, 11) is 0. The molecular formula is C13H18O5. The Balaban J connectivity index is 2.57. The Bertz CT molecular complexity index is 480. The van der Waals surface area contributed by atoms with Crippen molar-refractivity contribution in [3.63, 3.8) is 0 Å². The Morgan fingerprint density at radius 2 is 1.89 bits per heavy atom. The first-order valence-electron chi connectivity index (χ1n) is 5.99. The summed E-state index contributed by atoms with van der Waals surface area (Å²) in [4.78, 5) is 23.9. The van der Waals surface area contributed by atoms with E-state index < -0.39 is 28.6 Å². The lowest BCUT2D eigenvalue weighted by molar-refractivity contribution is -0.180. The third-order valence-electron chi connectivity index (χ3n) is 4.87. The second kappa shape index (κ2) is 3.35. The Kier molecular flexibility index (Phi) is 2.43. The van der Waals surface area contributed by atoms with Crippen molar-refractivity contribution in [3.8, 4) is 0 Å². The van der Waals surface area contributed by atoms with Gasteiger partial charge in [-0.05, 0) is 40.2 Å². The first-order valence-corrected chi connectivity index (χ1v) is 5.99. The van der Waals surface area contributed by atoms with Crippen LogP contribution in [-0.4, -0.2) is 34.9 Å². The molecule has 0 aromatic carbocycles. The molecule has 2 rings (SSSR count). The van der Waals surface area contributed by atoms with Crippen molar-refractivity contribution < 1.29 is 24.2 Å². The van der Waals surface area contributed by atoms with E-state index in [9.17, 15) is 14.7 Å². The average molecular weight is 254 g/mol. The normalized spacial score (nSPS) is 42.2. The van der Waals surface area contributed by atoms with Crippen LogP contribution in [0.5, 0.6) is 0 Å². The van der Waals surface area contributed by atoms with Crippen molar-refractivity contribution in [3.05, 3.63) is 11.1 Å². The van der Waals surface area contributed by atoms with E-state index in [2.05, 4.69) is 0 Å². The number of hydrogen-bond acceptors (Lipinski definition) is 5. The molecule has 2 aliphatic rings. The van der Waals surface area contributed by atoms with Crippen molar-refractivity contribution in [2.75, 3.05) is 6.61 Å². The number of ether oxygens (including phenoxy) is 2. The SMILES string of the molecule is CCOC(=O)[C@]1(O)C(=O)O[C@@]2(C)C(C)=C(C)[C@]12C. The number of carbonyl (C=O) groups is 2. The lowest BCUT2D eigenvalue weighted by Crippen LogP contribution is -2.65. The number of carbonyl (C=O) groups excluding carboxylic acids is 2. The van der Waals surface area contributed by atoms with Gasteiger partial charge >= 0.3 is 11.9 Å². The van der Waals surface area contributed by atoms with E-state index in [1.807, 2.05) is 6.92 Å². The summed E-state index contributed by atoms with van der Waals surface area (Å²) in [6.07, 6.45) is 0. The van der Waals surface area contributed by atoms with Crippen LogP contribution in [0, 0.1) is 5.41 Å². The first-order chi connectivity index (χ1) is 8.17. The molecule has 1 aliphatic carbocycles. The summed E-state index contributed by atoms with van der Waals surface area (Å²) < 4.78 is 10.1. The third kappa shape index (κ3) is 0.983. The highest BCUT2D eigenvalue weighted by Crippen LogP contribution is 2.65. The van der Waals surface area contributed by atoms with Crippen LogP contribution >= 0.6 is 0 Å². The van der Waals surface area contributed by atoms with Crippen molar-refractivity contribution in [1.82, 2.24) is 0 Å². The van der Waals surface area contributed by atoms with Gasteiger partial charge in [-0.25, -0.2) is 9.59 Å². The molecule has 0 bridgehead atoms. The van der Waals surface area contributed by atoms with Crippen molar-refractivity contribution in [2.45, 2.75) is 45.8 Å². The van der Waals surface area contributed by atoms with E-state index in [1.165, 1.54) is 0 Å². The molecule has 0 spiro atoms. The molecular weight excluding hydrogens is 236 g/mol. The number of hydrogen-bond donors (Lipinski definition) is 1. The molecule has 0 amide bonds. The molecule has 5 nitrogen and oxygen atoms in total. The highest BCUT2D eigenvalue weighted by molar-refractivity contribution is 6.08. The molecule has 3 atom stereocenters. The summed E-state index contributed by atoms with van der Waals surface area (Å²) in [5.41, 5.74) is -2.57. The molecule has 1 heterocycles. The molecule has 0 unspecified atom stereocenters. The monoisotopic (exact) mass is 254 g/mol. The average Bonchev–Trinajstić information content (AvgIpc) is 2.47. The van der Waals surface area contributed by atoms with E-state index in [1.54, 1.807) is 27.7 Å². The van der Waals surface area contributed by atoms with Gasteiger partial charge in [-0.2, -0.15) is 0 Å². The molecule has 100 valence electrons. The Morgan fingerprint density at radius 1 is 1.33 bits per heavy atom. The van der Waals surface area contributed by atoms with Gasteiger partial charge in [-0.15, -0.1) is 0 Å². The van der Waals surface area contributed by atoms with Crippen LogP contribution in [0.3, 0.4) is 0 Å². The van der Waals surface area contributed by atoms with E-state index in [4.69, 9.17) is 9.47 Å². The molecule has 5 heteroatoms. The van der Waals surface area contributed by atoms with Gasteiger partial charge in [0.05, 0.1) is 12.0 Å². The second-order valence-electron chi connectivity index (χ2n) is 5.23. The number of rotatable bonds is 2. The van der Waals surface area contributed by atoms with Crippen LogP contribution < -0.4 is 0 Å². The molecule has 1 fully saturated rings. The predicted molar refractivity (Wildman–Crippen MR) is 62.6 cm³/mol. The maximum atomic E-state index is 12.0. The van der Waals surface area contributed by atoms with E-state index in [0.717, 1.165) is 11.1 Å². The fourth-order valence-electron chi connectivity index (χ4n) is 3.18. The largest absolute Gasteiger partial charge is 0.463 e. The van der Waals surface area contributed by atoms with Gasteiger partial charge in [0, 0.05) is 0 Å². The molecule has 1 aliphatic heterocycles. The maximum Gasteiger partial charge on any atom is 0.352 e. The zero-order valence-corrected chi connectivity index (χ0v) is 11.3. The summed E-state index contributed by atoms with van der Waals surface area (Å²) >= 11 is 0. The molecule has 0 saturated carbocycles. The van der Waals surface area contributed by atoms with Crippen LogP contribution in [-0.2, 0) is 19.1 Å². The summed E-state index contributed by atoms with van der Waals surface area (Å²) in [5, 5.41) is 10.6. The smallest absolute Gasteiger partial charge is 0.352 e.